The van der Waals surface area contributed by atoms with Gasteiger partial charge in [0.05, 0.1) is 10.6 Å². The van der Waals surface area contributed by atoms with Crippen LogP contribution in [0.2, 0.25) is 0 Å². The van der Waals surface area contributed by atoms with Gasteiger partial charge < -0.3 is 10.4 Å². The van der Waals surface area contributed by atoms with Crippen LogP contribution in [0.1, 0.15) is 63.3 Å². The summed E-state index contributed by atoms with van der Waals surface area (Å²) in [5, 5.41) is 15.1. The van der Waals surface area contributed by atoms with Crippen molar-refractivity contribution in [2.75, 3.05) is 6.54 Å². The van der Waals surface area contributed by atoms with Gasteiger partial charge in [0.2, 0.25) is 0 Å². The van der Waals surface area contributed by atoms with Gasteiger partial charge in [0.15, 0.2) is 0 Å². The molecule has 1 aromatic rings. The molecule has 1 saturated carbocycles. The average molecular weight is 296 g/mol. The first-order valence-electron chi connectivity index (χ1n) is 7.67. The molecule has 1 heterocycles. The first kappa shape index (κ1) is 15.9. The fourth-order valence-corrected chi connectivity index (χ4v) is 3.57. The summed E-state index contributed by atoms with van der Waals surface area (Å²) >= 11 is 1.77. The number of hydrogen-bond donors (Lipinski definition) is 2. The van der Waals surface area contributed by atoms with Crippen LogP contribution in [0.15, 0.2) is 6.20 Å². The van der Waals surface area contributed by atoms with Crippen molar-refractivity contribution in [2.24, 2.45) is 5.92 Å². The molecule has 0 bridgehead atoms. The van der Waals surface area contributed by atoms with Gasteiger partial charge in [-0.2, -0.15) is 0 Å². The Labute approximate surface area is 126 Å². The van der Waals surface area contributed by atoms with E-state index in [1.165, 1.54) is 9.88 Å². The zero-order chi connectivity index (χ0) is 14.8. The molecule has 0 atom stereocenters. The number of thiazole rings is 1. The smallest absolute Gasteiger partial charge is 0.0981 e. The molecule has 0 amide bonds. The molecule has 20 heavy (non-hydrogen) atoms. The lowest BCUT2D eigenvalue weighted by atomic mass is 9.79. The summed E-state index contributed by atoms with van der Waals surface area (Å²) < 4.78 is 0. The Bertz CT molecular complexity index is 428. The summed E-state index contributed by atoms with van der Waals surface area (Å²) in [6, 6.07) is 0. The van der Waals surface area contributed by atoms with E-state index >= 15 is 0 Å². The molecular weight excluding hydrogens is 268 g/mol. The van der Waals surface area contributed by atoms with E-state index < -0.39 is 5.60 Å². The van der Waals surface area contributed by atoms with Gasteiger partial charge in [0.25, 0.3) is 0 Å². The summed E-state index contributed by atoms with van der Waals surface area (Å²) in [5.74, 6) is 0.770. The van der Waals surface area contributed by atoms with Crippen LogP contribution in [-0.2, 0) is 12.0 Å². The van der Waals surface area contributed by atoms with Crippen molar-refractivity contribution in [1.82, 2.24) is 10.3 Å². The molecule has 4 heteroatoms. The molecule has 0 aromatic carbocycles. The van der Waals surface area contributed by atoms with Gasteiger partial charge in [0, 0.05) is 29.6 Å². The third-order valence-corrected chi connectivity index (χ3v) is 5.58. The largest absolute Gasteiger partial charge is 0.389 e. The maximum Gasteiger partial charge on any atom is 0.0981 e. The minimum absolute atomic E-state index is 0.126. The zero-order valence-electron chi connectivity index (χ0n) is 13.2. The van der Waals surface area contributed by atoms with Gasteiger partial charge >= 0.3 is 0 Å². The van der Waals surface area contributed by atoms with Gasteiger partial charge in [-0.15, -0.1) is 11.3 Å². The highest BCUT2D eigenvalue weighted by Gasteiger charge is 2.31. The second kappa shape index (κ2) is 6.12. The van der Waals surface area contributed by atoms with Gasteiger partial charge in [-0.3, -0.25) is 0 Å². The summed E-state index contributed by atoms with van der Waals surface area (Å²) in [5.41, 5.74) is -0.370. The first-order chi connectivity index (χ1) is 9.28. The minimum atomic E-state index is -0.496. The van der Waals surface area contributed by atoms with E-state index in [2.05, 4.69) is 38.0 Å². The summed E-state index contributed by atoms with van der Waals surface area (Å²) in [6.45, 7) is 10.4. The molecule has 0 aliphatic heterocycles. The van der Waals surface area contributed by atoms with E-state index in [-0.39, 0.29) is 5.41 Å². The molecule has 0 spiro atoms. The Balaban J connectivity index is 1.80. The monoisotopic (exact) mass is 296 g/mol. The van der Waals surface area contributed by atoms with Crippen LogP contribution in [0.3, 0.4) is 0 Å². The Morgan fingerprint density at radius 2 is 2.05 bits per heavy atom. The Morgan fingerprint density at radius 1 is 1.40 bits per heavy atom. The lowest BCUT2D eigenvalue weighted by Gasteiger charge is -2.35. The Kier molecular flexibility index (Phi) is 4.88. The quantitative estimate of drug-likeness (QED) is 0.894. The summed E-state index contributed by atoms with van der Waals surface area (Å²) in [6.07, 6.45) is 6.11. The molecule has 0 unspecified atom stereocenters. The fraction of sp³-hybridized carbons (Fsp3) is 0.812. The van der Waals surface area contributed by atoms with Crippen LogP contribution in [0.4, 0.5) is 0 Å². The Hall–Kier alpha value is -0.450. The second-order valence-corrected chi connectivity index (χ2v) is 8.51. The second-order valence-electron chi connectivity index (χ2n) is 7.39. The van der Waals surface area contributed by atoms with Crippen molar-refractivity contribution < 1.29 is 5.11 Å². The Morgan fingerprint density at radius 3 is 2.60 bits per heavy atom. The number of aliphatic hydroxyl groups is 1. The van der Waals surface area contributed by atoms with Gasteiger partial charge in [-0.1, -0.05) is 27.7 Å². The summed E-state index contributed by atoms with van der Waals surface area (Å²) in [4.78, 5) is 5.75. The molecule has 3 nitrogen and oxygen atoms in total. The molecule has 1 aliphatic rings. The third kappa shape index (κ3) is 4.27. The molecule has 0 saturated heterocycles. The van der Waals surface area contributed by atoms with E-state index in [1.54, 1.807) is 11.3 Å². The SMILES string of the molecule is CC1CCC(O)(CNCc2cnc(C(C)(C)C)s2)CC1. The van der Waals surface area contributed by atoms with Crippen molar-refractivity contribution in [1.29, 1.82) is 0 Å². The predicted molar refractivity (Wildman–Crippen MR) is 85.1 cm³/mol. The average Bonchev–Trinajstić information content (AvgIpc) is 2.82. The highest BCUT2D eigenvalue weighted by Crippen LogP contribution is 2.31. The lowest BCUT2D eigenvalue weighted by molar-refractivity contribution is -0.00625. The molecule has 0 radical (unpaired) electrons. The number of rotatable bonds is 4. The molecule has 2 rings (SSSR count). The van der Waals surface area contributed by atoms with Crippen molar-refractivity contribution in [3.63, 3.8) is 0 Å². The predicted octanol–water partition coefficient (Wildman–Crippen LogP) is 3.47. The van der Waals surface area contributed by atoms with Gasteiger partial charge in [-0.25, -0.2) is 4.98 Å². The van der Waals surface area contributed by atoms with Crippen molar-refractivity contribution >= 4 is 11.3 Å². The van der Waals surface area contributed by atoms with Crippen molar-refractivity contribution in [3.8, 4) is 0 Å². The molecule has 114 valence electrons. The van der Waals surface area contributed by atoms with Crippen LogP contribution < -0.4 is 5.32 Å². The molecule has 2 N–H and O–H groups in total. The molecule has 1 fully saturated rings. The molecule has 1 aliphatic carbocycles. The maximum atomic E-state index is 10.5. The van der Waals surface area contributed by atoms with E-state index in [1.807, 2.05) is 6.20 Å². The van der Waals surface area contributed by atoms with Crippen molar-refractivity contribution in [2.45, 2.75) is 70.9 Å². The topological polar surface area (TPSA) is 45.1 Å². The van der Waals surface area contributed by atoms with E-state index in [9.17, 15) is 5.11 Å². The van der Waals surface area contributed by atoms with E-state index in [4.69, 9.17) is 0 Å². The van der Waals surface area contributed by atoms with Gasteiger partial charge in [0.1, 0.15) is 0 Å². The van der Waals surface area contributed by atoms with Gasteiger partial charge in [-0.05, 0) is 31.6 Å². The normalized spacial score (nSPS) is 27.8. The van der Waals surface area contributed by atoms with Crippen LogP contribution in [-0.4, -0.2) is 22.2 Å². The van der Waals surface area contributed by atoms with Crippen LogP contribution in [0, 0.1) is 5.92 Å². The molecule has 1 aromatic heterocycles. The van der Waals surface area contributed by atoms with Crippen molar-refractivity contribution in [3.05, 3.63) is 16.1 Å². The number of nitrogens with one attached hydrogen (secondary N) is 1. The maximum absolute atomic E-state index is 10.5. The molecular formula is C16H28N2OS. The standard InChI is InChI=1S/C16H28N2OS/c1-12-5-7-16(19,8-6-12)11-17-9-13-10-18-14(20-13)15(2,3)4/h10,12,17,19H,5-9,11H2,1-4H3. The minimum Gasteiger partial charge on any atom is -0.389 e. The van der Waals surface area contributed by atoms with E-state index in [0.29, 0.717) is 6.54 Å². The fourth-order valence-electron chi connectivity index (χ4n) is 2.63. The number of nitrogens with zero attached hydrogens (tertiary/aromatic N) is 1. The lowest BCUT2D eigenvalue weighted by Crippen LogP contribution is -2.43. The summed E-state index contributed by atoms with van der Waals surface area (Å²) in [7, 11) is 0. The number of hydrogen-bond acceptors (Lipinski definition) is 4. The third-order valence-electron chi connectivity index (χ3n) is 4.15. The zero-order valence-corrected chi connectivity index (χ0v) is 14.0. The van der Waals surface area contributed by atoms with Crippen LogP contribution in [0.5, 0.6) is 0 Å². The number of aromatic nitrogens is 1. The highest BCUT2D eigenvalue weighted by atomic mass is 32.1. The van der Waals surface area contributed by atoms with Crippen LogP contribution >= 0.6 is 11.3 Å². The van der Waals surface area contributed by atoms with Crippen LogP contribution in [0.25, 0.3) is 0 Å². The van der Waals surface area contributed by atoms with E-state index in [0.717, 1.165) is 38.1 Å². The first-order valence-corrected chi connectivity index (χ1v) is 8.48. The highest BCUT2D eigenvalue weighted by molar-refractivity contribution is 7.11.